The van der Waals surface area contributed by atoms with Crippen LogP contribution in [-0.2, 0) is 17.6 Å². The van der Waals surface area contributed by atoms with E-state index in [4.69, 9.17) is 9.97 Å². The van der Waals surface area contributed by atoms with Crippen LogP contribution in [0.25, 0.3) is 33.3 Å². The van der Waals surface area contributed by atoms with Crippen molar-refractivity contribution in [3.63, 3.8) is 0 Å². The molecule has 1 saturated heterocycles. The van der Waals surface area contributed by atoms with Gasteiger partial charge in [-0.25, -0.2) is 4.98 Å². The molecule has 6 heteroatoms. The highest BCUT2D eigenvalue weighted by Gasteiger charge is 2.19. The van der Waals surface area contributed by atoms with Crippen molar-refractivity contribution in [1.82, 2.24) is 15.0 Å². The Balaban J connectivity index is 0.985. The van der Waals surface area contributed by atoms with E-state index < -0.39 is 0 Å². The lowest BCUT2D eigenvalue weighted by Crippen LogP contribution is -2.46. The third-order valence-electron chi connectivity index (χ3n) is 8.31. The van der Waals surface area contributed by atoms with Gasteiger partial charge in [-0.3, -0.25) is 14.8 Å². The van der Waals surface area contributed by atoms with Crippen molar-refractivity contribution in [2.45, 2.75) is 12.8 Å². The molecule has 0 atom stereocenters. The van der Waals surface area contributed by atoms with E-state index in [1.807, 2.05) is 42.9 Å². The Hall–Kier alpha value is -5.36. The summed E-state index contributed by atoms with van der Waals surface area (Å²) in [6.07, 6.45) is 6.42. The Morgan fingerprint density at radius 1 is 0.591 bits per heavy atom. The Labute approximate surface area is 257 Å². The van der Waals surface area contributed by atoms with E-state index in [0.717, 1.165) is 70.8 Å². The van der Waals surface area contributed by atoms with Crippen LogP contribution in [0.5, 0.6) is 0 Å². The van der Waals surface area contributed by atoms with Crippen LogP contribution in [-0.4, -0.2) is 46.9 Å². The first-order valence-electron chi connectivity index (χ1n) is 15.1. The molecule has 1 aliphatic heterocycles. The molecule has 4 aromatic carbocycles. The number of nitrogens with zero attached hydrogens (tertiary/aromatic N) is 5. The molecular weight excluding hydrogens is 542 g/mol. The first-order valence-corrected chi connectivity index (χ1v) is 15.1. The lowest BCUT2D eigenvalue weighted by molar-refractivity contribution is -0.117. The van der Waals surface area contributed by atoms with Crippen molar-refractivity contribution < 1.29 is 4.79 Å². The van der Waals surface area contributed by atoms with Crippen LogP contribution in [0.3, 0.4) is 0 Å². The van der Waals surface area contributed by atoms with Crippen LogP contribution >= 0.6 is 0 Å². The molecule has 2 aromatic heterocycles. The number of hydrogen-bond acceptors (Lipinski definition) is 6. The van der Waals surface area contributed by atoms with Gasteiger partial charge in [0.25, 0.3) is 0 Å². The van der Waals surface area contributed by atoms with Crippen LogP contribution in [0.1, 0.15) is 11.1 Å². The molecule has 1 fully saturated rings. The predicted molar refractivity (Wildman–Crippen MR) is 178 cm³/mol. The summed E-state index contributed by atoms with van der Waals surface area (Å²) in [5.41, 5.74) is 9.56. The van der Waals surface area contributed by atoms with E-state index in [2.05, 4.69) is 99.7 Å². The van der Waals surface area contributed by atoms with Gasteiger partial charge < -0.3 is 9.80 Å². The van der Waals surface area contributed by atoms with Crippen molar-refractivity contribution in [2.24, 2.45) is 0 Å². The van der Waals surface area contributed by atoms with Crippen molar-refractivity contribution in [1.29, 1.82) is 0 Å². The first kappa shape index (κ1) is 27.5. The van der Waals surface area contributed by atoms with Crippen molar-refractivity contribution >= 4 is 28.3 Å². The summed E-state index contributed by atoms with van der Waals surface area (Å²) in [5.74, 6) is 1.12. The summed E-state index contributed by atoms with van der Waals surface area (Å²) in [6, 6.07) is 37.2. The second-order valence-electron chi connectivity index (χ2n) is 11.3. The molecule has 216 valence electrons. The molecule has 0 bridgehead atoms. The smallest absolute Gasteiger partial charge is 0.147 e. The van der Waals surface area contributed by atoms with Crippen LogP contribution in [0, 0.1) is 0 Å². The fourth-order valence-electron chi connectivity index (χ4n) is 5.86. The summed E-state index contributed by atoms with van der Waals surface area (Å²) in [7, 11) is 0. The number of pyridine rings is 1. The summed E-state index contributed by atoms with van der Waals surface area (Å²) >= 11 is 0. The third kappa shape index (κ3) is 6.20. The number of aromatic nitrogens is 3. The maximum absolute atomic E-state index is 12.9. The van der Waals surface area contributed by atoms with Gasteiger partial charge in [-0.05, 0) is 57.6 Å². The molecule has 0 radical (unpaired) electrons. The predicted octanol–water partition coefficient (Wildman–Crippen LogP) is 7.04. The minimum atomic E-state index is 0.209. The number of benzene rings is 4. The number of fused-ring (bicyclic) bond motifs is 1. The fraction of sp³-hybridized carbons (Fsp3) is 0.158. The van der Waals surface area contributed by atoms with Gasteiger partial charge in [-0.2, -0.15) is 0 Å². The topological polar surface area (TPSA) is 62.2 Å². The quantitative estimate of drug-likeness (QED) is 0.194. The first-order chi connectivity index (χ1) is 21.7. The molecule has 0 saturated carbocycles. The molecule has 0 unspecified atom stereocenters. The summed E-state index contributed by atoms with van der Waals surface area (Å²) < 4.78 is 0. The average molecular weight is 576 g/mol. The average Bonchev–Trinajstić information content (AvgIpc) is 3.09. The second-order valence-corrected chi connectivity index (χ2v) is 11.3. The molecule has 3 heterocycles. The van der Waals surface area contributed by atoms with Crippen LogP contribution in [0.2, 0.25) is 0 Å². The maximum Gasteiger partial charge on any atom is 0.147 e. The molecule has 0 spiro atoms. The summed E-state index contributed by atoms with van der Waals surface area (Å²) in [6.45, 7) is 3.64. The van der Waals surface area contributed by atoms with Gasteiger partial charge in [0.1, 0.15) is 11.6 Å². The maximum atomic E-state index is 12.9. The standard InChI is InChI=1S/C38H33N5O/c44-35(24-28-6-10-31(11-7-28)30-4-2-1-3-5-30)25-29-8-12-32(13-9-29)33-14-15-36-37(26-33)41-38(27-40-36)43-22-20-42(21-23-43)34-16-18-39-19-17-34/h1-19,26-27H,20-25H2. The zero-order valence-corrected chi connectivity index (χ0v) is 24.5. The van der Waals surface area contributed by atoms with E-state index >= 15 is 0 Å². The molecule has 7 rings (SSSR count). The molecule has 0 aliphatic carbocycles. The highest BCUT2D eigenvalue weighted by atomic mass is 16.1. The van der Waals surface area contributed by atoms with Crippen LogP contribution in [0.15, 0.2) is 128 Å². The Morgan fingerprint density at radius 2 is 1.16 bits per heavy atom. The van der Waals surface area contributed by atoms with Crippen LogP contribution in [0.4, 0.5) is 11.5 Å². The number of Topliss-reactive ketones (excluding diaryl/α,β-unsaturated/α-hetero) is 1. The number of hydrogen-bond donors (Lipinski definition) is 0. The zero-order chi connectivity index (χ0) is 29.7. The van der Waals surface area contributed by atoms with Gasteiger partial charge in [0, 0.05) is 57.1 Å². The van der Waals surface area contributed by atoms with Gasteiger partial charge >= 0.3 is 0 Å². The van der Waals surface area contributed by atoms with Gasteiger partial charge in [-0.1, -0.05) is 84.9 Å². The number of ketones is 1. The summed E-state index contributed by atoms with van der Waals surface area (Å²) in [5, 5.41) is 0. The monoisotopic (exact) mass is 575 g/mol. The molecule has 44 heavy (non-hydrogen) atoms. The summed E-state index contributed by atoms with van der Waals surface area (Å²) in [4.78, 5) is 31.4. The van der Waals surface area contributed by atoms with E-state index in [1.165, 1.54) is 11.3 Å². The minimum Gasteiger partial charge on any atom is -0.368 e. The van der Waals surface area contributed by atoms with Gasteiger partial charge in [-0.15, -0.1) is 0 Å². The number of carbonyl (C=O) groups excluding carboxylic acids is 1. The second kappa shape index (κ2) is 12.5. The molecule has 0 amide bonds. The number of piperazine rings is 1. The third-order valence-corrected chi connectivity index (χ3v) is 8.31. The highest BCUT2D eigenvalue weighted by molar-refractivity contribution is 5.84. The van der Waals surface area contributed by atoms with Gasteiger partial charge in [0.05, 0.1) is 17.2 Å². The molecule has 6 nitrogen and oxygen atoms in total. The van der Waals surface area contributed by atoms with Crippen LogP contribution < -0.4 is 9.80 Å². The number of carbonyl (C=O) groups is 1. The largest absolute Gasteiger partial charge is 0.368 e. The van der Waals surface area contributed by atoms with E-state index in [0.29, 0.717) is 12.8 Å². The minimum absolute atomic E-state index is 0.209. The Morgan fingerprint density at radius 3 is 1.82 bits per heavy atom. The van der Waals surface area contributed by atoms with Gasteiger partial charge in [0.2, 0.25) is 0 Å². The SMILES string of the molecule is O=C(Cc1ccc(-c2ccccc2)cc1)Cc1ccc(-c2ccc3ncc(N4CCN(c5ccncc5)CC4)nc3c2)cc1. The van der Waals surface area contributed by atoms with Gasteiger partial charge in [0.15, 0.2) is 0 Å². The molecule has 1 aliphatic rings. The fourth-order valence-corrected chi connectivity index (χ4v) is 5.86. The number of anilines is 2. The van der Waals surface area contributed by atoms with Crippen molar-refractivity contribution in [3.8, 4) is 22.3 Å². The number of rotatable bonds is 8. The molecule has 0 N–H and O–H groups in total. The van der Waals surface area contributed by atoms with E-state index in [1.54, 1.807) is 0 Å². The lowest BCUT2D eigenvalue weighted by atomic mass is 9.98. The van der Waals surface area contributed by atoms with Crippen molar-refractivity contribution in [2.75, 3.05) is 36.0 Å². The molecule has 6 aromatic rings. The Bertz CT molecular complexity index is 1870. The molecular formula is C38H33N5O. The van der Waals surface area contributed by atoms with Crippen molar-refractivity contribution in [3.05, 3.63) is 139 Å². The Kier molecular flexibility index (Phi) is 7.79. The van der Waals surface area contributed by atoms with E-state index in [9.17, 15) is 4.79 Å². The normalized spacial score (nSPS) is 13.3. The van der Waals surface area contributed by atoms with E-state index in [-0.39, 0.29) is 5.78 Å². The highest BCUT2D eigenvalue weighted by Crippen LogP contribution is 2.26. The zero-order valence-electron chi connectivity index (χ0n) is 24.5. The lowest BCUT2D eigenvalue weighted by Gasteiger charge is -2.36.